The van der Waals surface area contributed by atoms with E-state index in [4.69, 9.17) is 16.3 Å². The van der Waals surface area contributed by atoms with Gasteiger partial charge in [0, 0.05) is 31.4 Å². The monoisotopic (exact) mass is 940 g/mol. The van der Waals surface area contributed by atoms with Crippen LogP contribution in [0, 0.1) is 38.2 Å². The molecule has 3 nitrogen and oxygen atoms in total. The summed E-state index contributed by atoms with van der Waals surface area (Å²) in [6.07, 6.45) is 0.303. The van der Waals surface area contributed by atoms with Crippen LogP contribution in [0.1, 0.15) is 72.5 Å². The molecule has 3 heterocycles. The van der Waals surface area contributed by atoms with Gasteiger partial charge in [-0.2, -0.15) is 0 Å². The Hall–Kier alpha value is -4.09. The number of hydrogen-bond acceptors (Lipinski definition) is 3. The summed E-state index contributed by atoms with van der Waals surface area (Å²) in [4.78, 5) is 9.68. The number of rotatable bonds is 5. The van der Waals surface area contributed by atoms with E-state index >= 15 is 0 Å². The molecule has 0 saturated heterocycles. The Morgan fingerprint density at radius 3 is 2.30 bits per heavy atom. The Morgan fingerprint density at radius 2 is 1.60 bits per heavy atom. The molecule has 2 aromatic heterocycles. The summed E-state index contributed by atoms with van der Waals surface area (Å²) in [5.41, 5.74) is 11.5. The largest absolute Gasteiger partial charge is 0 e. The number of benzene rings is 5. The van der Waals surface area contributed by atoms with Crippen molar-refractivity contribution in [3.05, 3.63) is 160 Å². The molecule has 0 bridgehead atoms. The van der Waals surface area contributed by atoms with Crippen molar-refractivity contribution in [1.29, 1.82) is 0 Å². The maximum atomic E-state index is 8.80. The number of pyridine rings is 1. The predicted octanol–water partition coefficient (Wildman–Crippen LogP) is 12.3. The molecule has 0 amide bonds. The Morgan fingerprint density at radius 1 is 0.868 bits per heavy atom. The molecule has 271 valence electrons. The average molecular weight is 939 g/mol. The quantitative estimate of drug-likeness (QED) is 0.127. The molecule has 5 heteroatoms. The molecule has 0 saturated carbocycles. The van der Waals surface area contributed by atoms with Crippen molar-refractivity contribution < 1.29 is 31.4 Å². The summed E-state index contributed by atoms with van der Waals surface area (Å²) < 4.78 is 47.4. The van der Waals surface area contributed by atoms with Gasteiger partial charge in [0.05, 0.1) is 11.3 Å². The number of hydrogen-bond donors (Lipinski definition) is 0. The molecule has 1 unspecified atom stereocenters. The molecular formula is C48H48GeIrN2O-2. The van der Waals surface area contributed by atoms with Gasteiger partial charge in [0.25, 0.3) is 0 Å². The van der Waals surface area contributed by atoms with Crippen LogP contribution in [0.3, 0.4) is 0 Å². The Labute approximate surface area is 338 Å². The predicted molar refractivity (Wildman–Crippen MR) is 222 cm³/mol. The average Bonchev–Trinajstić information content (AvgIpc) is 3.73. The molecule has 0 fully saturated rings. The van der Waals surface area contributed by atoms with Gasteiger partial charge in [-0.1, -0.05) is 65.5 Å². The molecule has 1 aliphatic rings. The van der Waals surface area contributed by atoms with Crippen LogP contribution in [-0.4, -0.2) is 24.0 Å². The fourth-order valence-electron chi connectivity index (χ4n) is 7.12. The van der Waals surface area contributed by atoms with Crippen LogP contribution in [0.15, 0.2) is 119 Å². The van der Waals surface area contributed by atoms with Gasteiger partial charge < -0.3 is 4.42 Å². The number of aromatic nitrogens is 1. The first-order valence-corrected chi connectivity index (χ1v) is 25.2. The van der Waals surface area contributed by atoms with E-state index in [0.29, 0.717) is 16.8 Å². The third kappa shape index (κ3) is 8.06. The number of fused-ring (bicyclic) bond motifs is 4. The van der Waals surface area contributed by atoms with Gasteiger partial charge in [-0.3, -0.25) is 4.99 Å². The van der Waals surface area contributed by atoms with Crippen molar-refractivity contribution in [3.8, 4) is 11.3 Å². The van der Waals surface area contributed by atoms with Crippen LogP contribution in [0.4, 0.5) is 5.69 Å². The first-order chi connectivity index (χ1) is 26.8. The molecule has 8 rings (SSSR count). The summed E-state index contributed by atoms with van der Waals surface area (Å²) in [6, 6.07) is 40.2. The summed E-state index contributed by atoms with van der Waals surface area (Å²) in [5, 5.41) is 2.24. The van der Waals surface area contributed by atoms with Crippen molar-refractivity contribution in [1.82, 2.24) is 4.98 Å². The fraction of sp³-hybridized carbons (Fsp3) is 0.250. The minimum Gasteiger partial charge on any atom is 0 e. The van der Waals surface area contributed by atoms with Gasteiger partial charge in [-0.15, -0.1) is 18.2 Å². The first kappa shape index (κ1) is 32.4. The van der Waals surface area contributed by atoms with E-state index in [9.17, 15) is 0 Å². The standard InChI is InChI=1S/C28H20NO.C20H28GeN.Ir/c1-17-9-7-10-18(2)25(17)26-21-12-3-5-15-23(21)29-27(26)22-14-8-13-20-19-11-4-6-16-24(19)30-28(20)22;1-15-8-10-16(11-9-15)19-12-17(13-20(2,3)4)18(14-22-19)21(5,6)7;/h3-13,15-16,26H,1-2H3;8-10,12,14H,13H2,1-7H3;/q2*-1;/i;1D3,13D2;. The van der Waals surface area contributed by atoms with Crippen LogP contribution < -0.4 is 4.40 Å². The molecule has 7 aromatic rings. The van der Waals surface area contributed by atoms with Gasteiger partial charge in [0.2, 0.25) is 0 Å². The van der Waals surface area contributed by atoms with E-state index < -0.39 is 31.9 Å². The Kier molecular flexibility index (Phi) is 9.36. The molecule has 0 N–H and O–H groups in total. The van der Waals surface area contributed by atoms with Crippen LogP contribution in [0.2, 0.25) is 17.3 Å². The third-order valence-corrected chi connectivity index (χ3v) is 13.7. The van der Waals surface area contributed by atoms with Crippen molar-refractivity contribution in [2.45, 2.75) is 71.0 Å². The number of furan rings is 1. The van der Waals surface area contributed by atoms with E-state index in [-0.39, 0.29) is 31.6 Å². The van der Waals surface area contributed by atoms with Crippen molar-refractivity contribution in [2.24, 2.45) is 10.4 Å². The van der Waals surface area contributed by atoms with Gasteiger partial charge in [0.15, 0.2) is 0 Å². The molecular weight excluding hydrogens is 885 g/mol. The second-order valence-corrected chi connectivity index (χ2v) is 26.3. The van der Waals surface area contributed by atoms with Crippen molar-refractivity contribution in [3.63, 3.8) is 0 Å². The van der Waals surface area contributed by atoms with Gasteiger partial charge in [-0.25, -0.2) is 0 Å². The number of nitrogens with zero attached hydrogens (tertiary/aromatic N) is 2. The third-order valence-electron chi connectivity index (χ3n) is 9.50. The van der Waals surface area contributed by atoms with E-state index in [1.165, 1.54) is 28.3 Å². The van der Waals surface area contributed by atoms with E-state index in [2.05, 4.69) is 109 Å². The van der Waals surface area contributed by atoms with Crippen LogP contribution in [-0.2, 0) is 26.5 Å². The number of para-hydroxylation sites is 2. The molecule has 1 atom stereocenters. The van der Waals surface area contributed by atoms with E-state index in [1.54, 1.807) is 12.1 Å². The zero-order valence-electron chi connectivity index (χ0n) is 36.6. The summed E-state index contributed by atoms with van der Waals surface area (Å²) in [6.45, 7) is 7.93. The fourth-order valence-corrected chi connectivity index (χ4v) is 10.0. The molecule has 0 spiro atoms. The molecule has 1 aliphatic heterocycles. The smallest absolute Gasteiger partial charge is 0 e. The minimum atomic E-state index is -2.36. The Bertz CT molecular complexity index is 2630. The summed E-state index contributed by atoms with van der Waals surface area (Å²) in [5.74, 6) is 6.76. The normalized spacial score (nSPS) is 15.9. The van der Waals surface area contributed by atoms with Gasteiger partial charge in [0.1, 0.15) is 5.58 Å². The zero-order chi connectivity index (χ0) is 41.1. The number of aliphatic imine (C=N–C) groups is 1. The van der Waals surface area contributed by atoms with Crippen LogP contribution >= 0.6 is 0 Å². The first-order valence-electron chi connectivity index (χ1n) is 20.4. The van der Waals surface area contributed by atoms with Gasteiger partial charge in [-0.05, 0) is 53.9 Å². The van der Waals surface area contributed by atoms with E-state index in [1.807, 2.05) is 51.2 Å². The minimum absolute atomic E-state index is 0. The molecule has 0 aliphatic carbocycles. The maximum Gasteiger partial charge on any atom is 0 e. The van der Waals surface area contributed by atoms with Crippen LogP contribution in [0.5, 0.6) is 0 Å². The second-order valence-electron chi connectivity index (χ2n) is 15.7. The summed E-state index contributed by atoms with van der Waals surface area (Å²) in [7, 11) is 0. The maximum absolute atomic E-state index is 8.80. The molecule has 53 heavy (non-hydrogen) atoms. The number of aryl methyl sites for hydroxylation is 3. The summed E-state index contributed by atoms with van der Waals surface area (Å²) >= 11 is -2.36. The topological polar surface area (TPSA) is 38.4 Å². The van der Waals surface area contributed by atoms with E-state index in [0.717, 1.165) is 43.3 Å². The molecule has 1 radical (unpaired) electrons. The zero-order valence-corrected chi connectivity index (χ0v) is 36.1. The van der Waals surface area contributed by atoms with Gasteiger partial charge >= 0.3 is 145 Å². The Balaban J connectivity index is 0.000000194. The van der Waals surface area contributed by atoms with Crippen molar-refractivity contribution >= 4 is 51.0 Å². The van der Waals surface area contributed by atoms with Crippen LogP contribution in [0.25, 0.3) is 33.2 Å². The van der Waals surface area contributed by atoms with Crippen molar-refractivity contribution in [2.75, 3.05) is 0 Å². The second kappa shape index (κ2) is 15.3. The molecule has 5 aromatic carbocycles. The SMILES string of the molecule is Cc1cccc(C)c1C1C(c2[c-]ccc3c2oc2ccccc23)=Nc2ccccc21.[2H]C([2H])([2H])c1c[c-]c(-c2cc(C([2H])([2H])C(C)(C)C)[c]([Ge]([CH3])([CH3])[CH3])cn2)cc1.[Ir].